The molecular formula is C29H41N3O5S. The molecular weight excluding hydrogens is 502 g/mol. The Balaban J connectivity index is 1.89. The first-order valence-corrected chi connectivity index (χ1v) is 15.3. The van der Waals surface area contributed by atoms with Crippen molar-refractivity contribution in [3.8, 4) is 5.75 Å². The zero-order valence-electron chi connectivity index (χ0n) is 23.0. The minimum Gasteiger partial charge on any atom is -0.494 e. The molecule has 1 N–H and O–H groups in total. The van der Waals surface area contributed by atoms with Gasteiger partial charge in [0.15, 0.2) is 0 Å². The van der Waals surface area contributed by atoms with E-state index in [9.17, 15) is 18.0 Å². The summed E-state index contributed by atoms with van der Waals surface area (Å²) < 4.78 is 32.1. The zero-order chi connectivity index (χ0) is 27.7. The van der Waals surface area contributed by atoms with Gasteiger partial charge in [-0.1, -0.05) is 56.0 Å². The second kappa shape index (κ2) is 13.6. The Morgan fingerprint density at radius 2 is 1.74 bits per heavy atom. The maximum atomic E-state index is 13.8. The van der Waals surface area contributed by atoms with Crippen molar-refractivity contribution in [2.45, 2.75) is 77.9 Å². The standard InChI is InChI=1S/C29H41N3O5S/c1-5-27(29(34)30-24-13-8-7-9-14-24)31(20-23-12-10-11-22(3)19-23)28(33)21-32(38(4,35)36)25-15-17-26(18-16-25)37-6-2/h10-12,15-19,24,27H,5-9,13-14,20-21H2,1-4H3,(H,30,34). The molecule has 2 aromatic carbocycles. The van der Waals surface area contributed by atoms with Gasteiger partial charge < -0.3 is 15.0 Å². The summed E-state index contributed by atoms with van der Waals surface area (Å²) in [6.07, 6.45) is 6.71. The normalized spacial score (nSPS) is 14.9. The van der Waals surface area contributed by atoms with Gasteiger partial charge in [0.1, 0.15) is 18.3 Å². The lowest BCUT2D eigenvalue weighted by atomic mass is 9.95. The number of sulfonamides is 1. The van der Waals surface area contributed by atoms with E-state index in [2.05, 4.69) is 5.32 Å². The van der Waals surface area contributed by atoms with Crippen molar-refractivity contribution in [2.75, 3.05) is 23.7 Å². The number of carbonyl (C=O) groups excluding carboxylic acids is 2. The molecule has 1 unspecified atom stereocenters. The van der Waals surface area contributed by atoms with Crippen LogP contribution in [0, 0.1) is 6.92 Å². The van der Waals surface area contributed by atoms with Gasteiger partial charge in [0, 0.05) is 12.6 Å². The molecule has 8 nitrogen and oxygen atoms in total. The van der Waals surface area contributed by atoms with Gasteiger partial charge in [0.2, 0.25) is 21.8 Å². The van der Waals surface area contributed by atoms with Crippen molar-refractivity contribution in [2.24, 2.45) is 0 Å². The fourth-order valence-corrected chi connectivity index (χ4v) is 5.81. The van der Waals surface area contributed by atoms with Crippen LogP contribution in [0.4, 0.5) is 5.69 Å². The Morgan fingerprint density at radius 1 is 1.05 bits per heavy atom. The summed E-state index contributed by atoms with van der Waals surface area (Å²) in [6.45, 7) is 6.00. The van der Waals surface area contributed by atoms with E-state index < -0.39 is 28.5 Å². The molecule has 1 atom stereocenters. The van der Waals surface area contributed by atoms with Gasteiger partial charge in [-0.25, -0.2) is 8.42 Å². The predicted molar refractivity (Wildman–Crippen MR) is 151 cm³/mol. The molecule has 0 spiro atoms. The minimum atomic E-state index is -3.78. The number of hydrogen-bond donors (Lipinski definition) is 1. The van der Waals surface area contributed by atoms with E-state index in [1.165, 1.54) is 11.3 Å². The van der Waals surface area contributed by atoms with Crippen molar-refractivity contribution >= 4 is 27.5 Å². The second-order valence-corrected chi connectivity index (χ2v) is 11.9. The lowest BCUT2D eigenvalue weighted by molar-refractivity contribution is -0.140. The summed E-state index contributed by atoms with van der Waals surface area (Å²) in [5.74, 6) is -0.00799. The van der Waals surface area contributed by atoms with Crippen LogP contribution >= 0.6 is 0 Å². The predicted octanol–water partition coefficient (Wildman–Crippen LogP) is 4.42. The first-order valence-electron chi connectivity index (χ1n) is 13.5. The van der Waals surface area contributed by atoms with Crippen molar-refractivity contribution in [3.05, 3.63) is 59.7 Å². The number of hydrogen-bond acceptors (Lipinski definition) is 5. The third-order valence-electron chi connectivity index (χ3n) is 6.89. The third kappa shape index (κ3) is 8.21. The zero-order valence-corrected chi connectivity index (χ0v) is 23.8. The van der Waals surface area contributed by atoms with Crippen LogP contribution in [-0.2, 0) is 26.2 Å². The molecule has 208 valence electrons. The molecule has 38 heavy (non-hydrogen) atoms. The van der Waals surface area contributed by atoms with E-state index in [0.29, 0.717) is 24.5 Å². The molecule has 2 aromatic rings. The van der Waals surface area contributed by atoms with E-state index in [1.54, 1.807) is 24.3 Å². The van der Waals surface area contributed by atoms with Crippen molar-refractivity contribution in [1.82, 2.24) is 10.2 Å². The summed E-state index contributed by atoms with van der Waals surface area (Å²) in [5.41, 5.74) is 2.29. The molecule has 0 heterocycles. The highest BCUT2D eigenvalue weighted by atomic mass is 32.2. The van der Waals surface area contributed by atoms with E-state index in [1.807, 2.05) is 45.0 Å². The van der Waals surface area contributed by atoms with Crippen LogP contribution < -0.4 is 14.4 Å². The van der Waals surface area contributed by atoms with Crippen molar-refractivity contribution in [1.29, 1.82) is 0 Å². The lowest BCUT2D eigenvalue weighted by Gasteiger charge is -2.34. The number of ether oxygens (including phenoxy) is 1. The van der Waals surface area contributed by atoms with Crippen LogP contribution in [0.3, 0.4) is 0 Å². The maximum absolute atomic E-state index is 13.8. The Kier molecular flexibility index (Phi) is 10.6. The average molecular weight is 544 g/mol. The number of amides is 2. The molecule has 2 amide bonds. The Morgan fingerprint density at radius 3 is 2.32 bits per heavy atom. The number of carbonyl (C=O) groups is 2. The van der Waals surface area contributed by atoms with E-state index in [-0.39, 0.29) is 18.5 Å². The van der Waals surface area contributed by atoms with E-state index in [4.69, 9.17) is 4.74 Å². The molecule has 0 aromatic heterocycles. The number of nitrogens with one attached hydrogen (secondary N) is 1. The van der Waals surface area contributed by atoms with Crippen LogP contribution in [0.1, 0.15) is 63.5 Å². The van der Waals surface area contributed by atoms with Gasteiger partial charge in [0.25, 0.3) is 0 Å². The number of rotatable bonds is 12. The quantitative estimate of drug-likeness (QED) is 0.428. The highest BCUT2D eigenvalue weighted by Crippen LogP contribution is 2.23. The summed E-state index contributed by atoms with van der Waals surface area (Å²) in [4.78, 5) is 28.8. The van der Waals surface area contributed by atoms with Crippen LogP contribution in [0.2, 0.25) is 0 Å². The average Bonchev–Trinajstić information content (AvgIpc) is 2.88. The number of aryl methyl sites for hydroxylation is 1. The summed E-state index contributed by atoms with van der Waals surface area (Å²) >= 11 is 0. The summed E-state index contributed by atoms with van der Waals surface area (Å²) in [6, 6.07) is 13.8. The fourth-order valence-electron chi connectivity index (χ4n) is 4.96. The lowest BCUT2D eigenvalue weighted by Crippen LogP contribution is -2.53. The van der Waals surface area contributed by atoms with Crippen LogP contribution in [0.15, 0.2) is 48.5 Å². The number of benzene rings is 2. The molecule has 1 saturated carbocycles. The number of nitrogens with zero attached hydrogens (tertiary/aromatic N) is 2. The Labute approximate surface area is 227 Å². The SMILES string of the molecule is CCOc1ccc(N(CC(=O)N(Cc2cccc(C)c2)C(CC)C(=O)NC2CCCCC2)S(C)(=O)=O)cc1. The molecule has 1 aliphatic carbocycles. The molecule has 0 radical (unpaired) electrons. The topological polar surface area (TPSA) is 96.0 Å². The minimum absolute atomic E-state index is 0.109. The van der Waals surface area contributed by atoms with Crippen molar-refractivity contribution in [3.63, 3.8) is 0 Å². The van der Waals surface area contributed by atoms with Crippen molar-refractivity contribution < 1.29 is 22.7 Å². The maximum Gasteiger partial charge on any atom is 0.244 e. The molecule has 0 aliphatic heterocycles. The molecule has 9 heteroatoms. The number of anilines is 1. The monoisotopic (exact) mass is 543 g/mol. The fraction of sp³-hybridized carbons (Fsp3) is 0.517. The smallest absolute Gasteiger partial charge is 0.244 e. The Bertz CT molecular complexity index is 1180. The van der Waals surface area contributed by atoms with Gasteiger partial charge in [0.05, 0.1) is 18.6 Å². The molecule has 3 rings (SSSR count). The first-order chi connectivity index (χ1) is 18.1. The molecule has 1 fully saturated rings. The summed E-state index contributed by atoms with van der Waals surface area (Å²) in [7, 11) is -3.78. The highest BCUT2D eigenvalue weighted by Gasteiger charge is 2.32. The van der Waals surface area contributed by atoms with Gasteiger partial charge in [-0.3, -0.25) is 13.9 Å². The van der Waals surface area contributed by atoms with E-state index in [0.717, 1.165) is 47.4 Å². The third-order valence-corrected chi connectivity index (χ3v) is 8.03. The van der Waals surface area contributed by atoms with Crippen LogP contribution in [-0.4, -0.2) is 56.6 Å². The van der Waals surface area contributed by atoms with Crippen LogP contribution in [0.25, 0.3) is 0 Å². The molecule has 1 aliphatic rings. The van der Waals surface area contributed by atoms with Crippen LogP contribution in [0.5, 0.6) is 5.75 Å². The summed E-state index contributed by atoms with van der Waals surface area (Å²) in [5, 5.41) is 3.16. The second-order valence-electron chi connectivity index (χ2n) is 9.97. The molecule has 0 bridgehead atoms. The highest BCUT2D eigenvalue weighted by molar-refractivity contribution is 7.92. The van der Waals surface area contributed by atoms with E-state index >= 15 is 0 Å². The van der Waals surface area contributed by atoms with Gasteiger partial charge in [-0.05, 0) is 62.9 Å². The largest absolute Gasteiger partial charge is 0.494 e. The first kappa shape index (κ1) is 29.5. The van der Waals surface area contributed by atoms with Gasteiger partial charge >= 0.3 is 0 Å². The van der Waals surface area contributed by atoms with Gasteiger partial charge in [-0.2, -0.15) is 0 Å². The van der Waals surface area contributed by atoms with Gasteiger partial charge in [-0.15, -0.1) is 0 Å². The Hall–Kier alpha value is -3.07. The molecule has 0 saturated heterocycles.